The second-order valence-corrected chi connectivity index (χ2v) is 4.54. The molecule has 3 fully saturated rings. The predicted octanol–water partition coefficient (Wildman–Crippen LogP) is -0.0716. The molecule has 3 heterocycles. The van der Waals surface area contributed by atoms with Crippen LogP contribution in [-0.4, -0.2) is 46.8 Å². The van der Waals surface area contributed by atoms with Gasteiger partial charge in [0, 0.05) is 37.2 Å². The van der Waals surface area contributed by atoms with Crippen molar-refractivity contribution in [2.45, 2.75) is 12.8 Å². The van der Waals surface area contributed by atoms with Crippen molar-refractivity contribution in [2.24, 2.45) is 11.8 Å². The molecule has 0 aromatic heterocycles. The van der Waals surface area contributed by atoms with Crippen LogP contribution in [0.1, 0.15) is 12.8 Å². The zero-order valence-corrected chi connectivity index (χ0v) is 9.43. The second kappa shape index (κ2) is 4.85. The summed E-state index contributed by atoms with van der Waals surface area (Å²) in [4.78, 5) is 21.8. The summed E-state index contributed by atoms with van der Waals surface area (Å²) in [5.41, 5.74) is 3.18. The van der Waals surface area contributed by atoms with E-state index in [1.54, 1.807) is 0 Å². The molecule has 6 nitrogen and oxygen atoms in total. The van der Waals surface area contributed by atoms with E-state index in [1.165, 1.54) is 0 Å². The summed E-state index contributed by atoms with van der Waals surface area (Å²) in [6.45, 7) is 2.32. The number of hydrogen-bond donors (Lipinski definition) is 3. The van der Waals surface area contributed by atoms with E-state index in [9.17, 15) is 9.59 Å². The van der Waals surface area contributed by atoms with Crippen LogP contribution in [0, 0.1) is 11.8 Å². The Labute approximate surface area is 98.9 Å². The van der Waals surface area contributed by atoms with Crippen molar-refractivity contribution in [3.63, 3.8) is 0 Å². The molecule has 3 saturated heterocycles. The lowest BCUT2D eigenvalue weighted by molar-refractivity contribution is -0.135. The molecule has 94 valence electrons. The summed E-state index contributed by atoms with van der Waals surface area (Å²) >= 11 is 0. The minimum atomic E-state index is -1.19. The standard InChI is InChI=1S/C11H16N2O4/c14-10(15)5-8(11(16)17)9-6-12-13-3-1-7(9)2-4-13/h5,7,9,12H,1-4,6H2,(H,14,15)(H,16,17)/b8-5-. The molecule has 0 aliphatic carbocycles. The summed E-state index contributed by atoms with van der Waals surface area (Å²) in [6, 6.07) is 0. The number of rotatable bonds is 3. The second-order valence-electron chi connectivity index (χ2n) is 4.54. The Morgan fingerprint density at radius 2 is 1.88 bits per heavy atom. The van der Waals surface area contributed by atoms with Crippen molar-refractivity contribution in [1.29, 1.82) is 0 Å². The summed E-state index contributed by atoms with van der Waals surface area (Å²) in [5.74, 6) is -2.26. The van der Waals surface area contributed by atoms with E-state index in [0.717, 1.165) is 32.0 Å². The molecule has 1 atom stereocenters. The van der Waals surface area contributed by atoms with Gasteiger partial charge in [-0.15, -0.1) is 0 Å². The van der Waals surface area contributed by atoms with E-state index in [2.05, 4.69) is 10.4 Å². The third-order valence-corrected chi connectivity index (χ3v) is 3.57. The van der Waals surface area contributed by atoms with Gasteiger partial charge in [0.1, 0.15) is 0 Å². The summed E-state index contributed by atoms with van der Waals surface area (Å²) in [7, 11) is 0. The van der Waals surface area contributed by atoms with Crippen molar-refractivity contribution in [3.8, 4) is 0 Å². The first-order valence-electron chi connectivity index (χ1n) is 5.74. The Kier molecular flexibility index (Phi) is 3.44. The molecule has 0 saturated carbocycles. The highest BCUT2D eigenvalue weighted by Gasteiger charge is 2.35. The molecule has 2 bridgehead atoms. The quantitative estimate of drug-likeness (QED) is 0.598. The van der Waals surface area contributed by atoms with Crippen LogP contribution in [0.25, 0.3) is 0 Å². The highest BCUT2D eigenvalue weighted by Crippen LogP contribution is 2.32. The number of aliphatic carboxylic acids is 2. The molecule has 0 amide bonds. The average molecular weight is 240 g/mol. The van der Waals surface area contributed by atoms with E-state index in [1.807, 2.05) is 0 Å². The monoisotopic (exact) mass is 240 g/mol. The molecule has 3 aliphatic heterocycles. The maximum Gasteiger partial charge on any atom is 0.332 e. The minimum absolute atomic E-state index is 0.0127. The third kappa shape index (κ3) is 2.65. The molecule has 3 rings (SSSR count). The van der Waals surface area contributed by atoms with Crippen molar-refractivity contribution < 1.29 is 19.8 Å². The lowest BCUT2D eigenvalue weighted by Gasteiger charge is -2.28. The molecule has 1 unspecified atom stereocenters. The summed E-state index contributed by atoms with van der Waals surface area (Å²) < 4.78 is 0. The smallest absolute Gasteiger partial charge is 0.332 e. The van der Waals surface area contributed by atoms with Crippen molar-refractivity contribution >= 4 is 11.9 Å². The molecule has 6 heteroatoms. The van der Waals surface area contributed by atoms with E-state index in [0.29, 0.717) is 6.54 Å². The number of carbonyl (C=O) groups is 2. The van der Waals surface area contributed by atoms with E-state index < -0.39 is 11.9 Å². The van der Waals surface area contributed by atoms with E-state index in [-0.39, 0.29) is 17.4 Å². The van der Waals surface area contributed by atoms with Gasteiger partial charge in [-0.3, -0.25) is 5.43 Å². The lowest BCUT2D eigenvalue weighted by Crippen LogP contribution is -2.39. The van der Waals surface area contributed by atoms with Gasteiger partial charge < -0.3 is 10.2 Å². The Morgan fingerprint density at radius 1 is 1.24 bits per heavy atom. The number of carboxylic acids is 2. The summed E-state index contributed by atoms with van der Waals surface area (Å²) in [6.07, 6.45) is 2.67. The van der Waals surface area contributed by atoms with Gasteiger partial charge in [-0.1, -0.05) is 0 Å². The first kappa shape index (κ1) is 12.1. The van der Waals surface area contributed by atoms with Crippen LogP contribution in [0.2, 0.25) is 0 Å². The number of nitrogens with zero attached hydrogens (tertiary/aromatic N) is 1. The van der Waals surface area contributed by atoms with Crippen molar-refractivity contribution in [1.82, 2.24) is 10.4 Å². The highest BCUT2D eigenvalue weighted by atomic mass is 16.4. The number of carboxylic acid groups (broad SMARTS) is 2. The number of hydrazine groups is 1. The number of fused-ring (bicyclic) bond motifs is 4. The number of nitrogens with one attached hydrogen (secondary N) is 1. The number of hydrogen-bond acceptors (Lipinski definition) is 4. The van der Waals surface area contributed by atoms with Crippen molar-refractivity contribution in [2.75, 3.05) is 19.6 Å². The maximum atomic E-state index is 11.1. The molecule has 0 spiro atoms. The highest BCUT2D eigenvalue weighted by molar-refractivity contribution is 5.95. The molecular weight excluding hydrogens is 224 g/mol. The van der Waals surface area contributed by atoms with Gasteiger partial charge in [0.25, 0.3) is 0 Å². The fourth-order valence-electron chi connectivity index (χ4n) is 2.68. The van der Waals surface area contributed by atoms with Crippen LogP contribution in [0.3, 0.4) is 0 Å². The Morgan fingerprint density at radius 3 is 2.41 bits per heavy atom. The molecule has 3 N–H and O–H groups in total. The molecular formula is C11H16N2O4. The Bertz CT molecular complexity index is 358. The van der Waals surface area contributed by atoms with Gasteiger partial charge in [-0.25, -0.2) is 14.6 Å². The van der Waals surface area contributed by atoms with E-state index >= 15 is 0 Å². The van der Waals surface area contributed by atoms with E-state index in [4.69, 9.17) is 10.2 Å². The third-order valence-electron chi connectivity index (χ3n) is 3.57. The van der Waals surface area contributed by atoms with Crippen LogP contribution < -0.4 is 5.43 Å². The molecule has 0 radical (unpaired) electrons. The van der Waals surface area contributed by atoms with Gasteiger partial charge >= 0.3 is 11.9 Å². The van der Waals surface area contributed by atoms with Crippen LogP contribution in [-0.2, 0) is 9.59 Å². The van der Waals surface area contributed by atoms with Gasteiger partial charge in [0.2, 0.25) is 0 Å². The summed E-state index contributed by atoms with van der Waals surface area (Å²) in [5, 5.41) is 19.9. The fraction of sp³-hybridized carbons (Fsp3) is 0.636. The average Bonchev–Trinajstić information content (AvgIpc) is 2.58. The first-order chi connectivity index (χ1) is 8.08. The van der Waals surface area contributed by atoms with Crippen molar-refractivity contribution in [3.05, 3.63) is 11.6 Å². The van der Waals surface area contributed by atoms with Gasteiger partial charge in [-0.2, -0.15) is 0 Å². The van der Waals surface area contributed by atoms with Crippen LogP contribution in [0.15, 0.2) is 11.6 Å². The molecule has 17 heavy (non-hydrogen) atoms. The zero-order valence-electron chi connectivity index (χ0n) is 9.43. The minimum Gasteiger partial charge on any atom is -0.478 e. The molecule has 0 aromatic rings. The Balaban J connectivity index is 2.23. The molecule has 0 aromatic carbocycles. The van der Waals surface area contributed by atoms with Crippen LogP contribution >= 0.6 is 0 Å². The Hall–Kier alpha value is -1.40. The lowest BCUT2D eigenvalue weighted by atomic mass is 9.80. The van der Waals surface area contributed by atoms with Crippen LogP contribution in [0.5, 0.6) is 0 Å². The normalized spacial score (nSPS) is 33.2. The topological polar surface area (TPSA) is 89.9 Å². The molecule has 3 aliphatic rings. The predicted molar refractivity (Wildman–Crippen MR) is 59.1 cm³/mol. The number of piperidine rings is 1. The van der Waals surface area contributed by atoms with Gasteiger partial charge in [0.15, 0.2) is 0 Å². The maximum absolute atomic E-state index is 11.1. The van der Waals surface area contributed by atoms with Gasteiger partial charge in [0.05, 0.1) is 0 Å². The fourth-order valence-corrected chi connectivity index (χ4v) is 2.68. The van der Waals surface area contributed by atoms with Gasteiger partial charge in [-0.05, 0) is 18.8 Å². The van der Waals surface area contributed by atoms with Crippen LogP contribution in [0.4, 0.5) is 0 Å². The first-order valence-corrected chi connectivity index (χ1v) is 5.74. The SMILES string of the molecule is O=C(O)/C=C(\C(=O)O)C1CNN2CCC1CC2. The largest absolute Gasteiger partial charge is 0.478 e. The zero-order chi connectivity index (χ0) is 12.4.